The van der Waals surface area contributed by atoms with Gasteiger partial charge < -0.3 is 15.2 Å². The fraction of sp³-hybridized carbons (Fsp3) is 0.588. The molecule has 0 fully saturated rings. The van der Waals surface area contributed by atoms with Crippen LogP contribution in [0.15, 0.2) is 24.3 Å². The molecular weight excluding hydrogens is 266 g/mol. The van der Waals surface area contributed by atoms with Gasteiger partial charge in [-0.05, 0) is 50.8 Å². The highest BCUT2D eigenvalue weighted by atomic mass is 16.5. The number of hydrogen-bond donors (Lipinski definition) is 2. The van der Waals surface area contributed by atoms with E-state index in [1.807, 2.05) is 31.2 Å². The molecule has 4 nitrogen and oxygen atoms in total. The Kier molecular flexibility index (Phi) is 7.83. The van der Waals surface area contributed by atoms with E-state index in [2.05, 4.69) is 12.2 Å². The monoisotopic (exact) mass is 293 g/mol. The predicted molar refractivity (Wildman–Crippen MR) is 84.5 cm³/mol. The Morgan fingerprint density at radius 3 is 2.48 bits per heavy atom. The van der Waals surface area contributed by atoms with Crippen LogP contribution in [0.25, 0.3) is 0 Å². The predicted octanol–water partition coefficient (Wildman–Crippen LogP) is 2.68. The summed E-state index contributed by atoms with van der Waals surface area (Å²) in [6.45, 7) is 5.92. The second kappa shape index (κ2) is 9.40. The molecule has 0 bridgehead atoms. The van der Waals surface area contributed by atoms with Gasteiger partial charge in [-0.1, -0.05) is 25.5 Å². The van der Waals surface area contributed by atoms with Crippen LogP contribution in [0.1, 0.15) is 45.6 Å². The molecule has 0 saturated carbocycles. The van der Waals surface area contributed by atoms with Crippen molar-refractivity contribution in [2.45, 2.75) is 58.6 Å². The van der Waals surface area contributed by atoms with Crippen molar-refractivity contribution in [3.05, 3.63) is 29.8 Å². The lowest BCUT2D eigenvalue weighted by Crippen LogP contribution is -2.35. The molecule has 1 aromatic rings. The summed E-state index contributed by atoms with van der Waals surface area (Å²) in [5.74, 6) is 0.600. The molecule has 0 heterocycles. The van der Waals surface area contributed by atoms with E-state index < -0.39 is 0 Å². The summed E-state index contributed by atoms with van der Waals surface area (Å²) in [5.41, 5.74) is 1.16. The van der Waals surface area contributed by atoms with E-state index in [-0.39, 0.29) is 24.7 Å². The van der Waals surface area contributed by atoms with E-state index in [4.69, 9.17) is 4.74 Å². The van der Waals surface area contributed by atoms with Crippen LogP contribution < -0.4 is 10.1 Å². The third kappa shape index (κ3) is 7.71. The molecule has 2 atom stereocenters. The van der Waals surface area contributed by atoms with E-state index in [0.717, 1.165) is 31.2 Å². The number of carbonyl (C=O) groups is 1. The summed E-state index contributed by atoms with van der Waals surface area (Å²) in [6.07, 6.45) is 3.33. The molecule has 0 aliphatic carbocycles. The molecule has 0 aromatic heterocycles. The first-order chi connectivity index (χ1) is 10.0. The number of nitrogens with one attached hydrogen (secondary N) is 1. The van der Waals surface area contributed by atoms with Crippen molar-refractivity contribution in [1.82, 2.24) is 5.32 Å². The van der Waals surface area contributed by atoms with Crippen molar-refractivity contribution in [2.75, 3.05) is 6.61 Å². The molecule has 1 aromatic carbocycles. The number of rotatable bonds is 9. The maximum Gasteiger partial charge on any atom is 0.258 e. The average molecular weight is 293 g/mol. The van der Waals surface area contributed by atoms with Crippen LogP contribution in [0, 0.1) is 0 Å². The minimum atomic E-state index is -0.283. The molecule has 0 aliphatic rings. The highest BCUT2D eigenvalue weighted by Crippen LogP contribution is 2.14. The van der Waals surface area contributed by atoms with Crippen molar-refractivity contribution in [3.63, 3.8) is 0 Å². The average Bonchev–Trinajstić information content (AvgIpc) is 2.44. The zero-order valence-electron chi connectivity index (χ0n) is 13.3. The Morgan fingerprint density at radius 1 is 1.24 bits per heavy atom. The minimum absolute atomic E-state index is 0.0427. The van der Waals surface area contributed by atoms with Crippen molar-refractivity contribution in [2.24, 2.45) is 0 Å². The first kappa shape index (κ1) is 17.5. The first-order valence-electron chi connectivity index (χ1n) is 7.70. The molecule has 0 aliphatic heterocycles. The SMILES string of the molecule is CCCC(C)NC(=O)COc1ccc(CCC(C)O)cc1. The molecule has 2 unspecified atom stereocenters. The second-order valence-electron chi connectivity index (χ2n) is 5.58. The topological polar surface area (TPSA) is 58.6 Å². The molecule has 0 radical (unpaired) electrons. The van der Waals surface area contributed by atoms with Gasteiger partial charge >= 0.3 is 0 Å². The Labute approximate surface area is 127 Å². The lowest BCUT2D eigenvalue weighted by atomic mass is 10.1. The number of aliphatic hydroxyl groups excluding tert-OH is 1. The number of hydrogen-bond acceptors (Lipinski definition) is 3. The van der Waals surface area contributed by atoms with Gasteiger partial charge in [-0.3, -0.25) is 4.79 Å². The largest absolute Gasteiger partial charge is 0.484 e. The Balaban J connectivity index is 2.33. The first-order valence-corrected chi connectivity index (χ1v) is 7.70. The summed E-state index contributed by atoms with van der Waals surface area (Å²) in [6, 6.07) is 7.85. The second-order valence-corrected chi connectivity index (χ2v) is 5.58. The number of amides is 1. The van der Waals surface area contributed by atoms with Crippen molar-refractivity contribution in [1.29, 1.82) is 0 Å². The van der Waals surface area contributed by atoms with Gasteiger partial charge in [0.05, 0.1) is 6.10 Å². The molecule has 1 rings (SSSR count). The molecule has 0 saturated heterocycles. The Morgan fingerprint density at radius 2 is 1.90 bits per heavy atom. The van der Waals surface area contributed by atoms with E-state index in [1.54, 1.807) is 6.92 Å². The van der Waals surface area contributed by atoms with Gasteiger partial charge in [-0.15, -0.1) is 0 Å². The standard InChI is InChI=1S/C17H27NO3/c1-4-5-13(2)18-17(20)12-21-16-10-8-15(9-11-16)7-6-14(3)19/h8-11,13-14,19H,4-7,12H2,1-3H3,(H,18,20). The number of aliphatic hydroxyl groups is 1. The molecule has 21 heavy (non-hydrogen) atoms. The molecule has 2 N–H and O–H groups in total. The van der Waals surface area contributed by atoms with Crippen LogP contribution in [0.5, 0.6) is 5.75 Å². The number of aryl methyl sites for hydroxylation is 1. The maximum atomic E-state index is 11.7. The fourth-order valence-corrected chi connectivity index (χ4v) is 2.10. The van der Waals surface area contributed by atoms with Crippen LogP contribution in [0.3, 0.4) is 0 Å². The van der Waals surface area contributed by atoms with Crippen LogP contribution in [0.2, 0.25) is 0 Å². The summed E-state index contributed by atoms with van der Waals surface area (Å²) < 4.78 is 5.47. The zero-order chi connectivity index (χ0) is 15.7. The summed E-state index contributed by atoms with van der Waals surface area (Å²) >= 11 is 0. The number of carbonyl (C=O) groups excluding carboxylic acids is 1. The van der Waals surface area contributed by atoms with E-state index in [0.29, 0.717) is 5.75 Å². The van der Waals surface area contributed by atoms with Crippen LogP contribution in [0.4, 0.5) is 0 Å². The summed E-state index contributed by atoms with van der Waals surface area (Å²) in [4.78, 5) is 11.7. The van der Waals surface area contributed by atoms with Gasteiger partial charge in [0, 0.05) is 6.04 Å². The summed E-state index contributed by atoms with van der Waals surface area (Å²) in [7, 11) is 0. The van der Waals surface area contributed by atoms with Crippen molar-refractivity contribution >= 4 is 5.91 Å². The molecule has 1 amide bonds. The van der Waals surface area contributed by atoms with Gasteiger partial charge in [-0.2, -0.15) is 0 Å². The van der Waals surface area contributed by atoms with E-state index >= 15 is 0 Å². The minimum Gasteiger partial charge on any atom is -0.484 e. The molecule has 0 spiro atoms. The van der Waals surface area contributed by atoms with Crippen LogP contribution in [-0.2, 0) is 11.2 Å². The molecular formula is C17H27NO3. The van der Waals surface area contributed by atoms with E-state index in [9.17, 15) is 9.90 Å². The fourth-order valence-electron chi connectivity index (χ4n) is 2.10. The molecule has 118 valence electrons. The highest BCUT2D eigenvalue weighted by molar-refractivity contribution is 5.77. The zero-order valence-corrected chi connectivity index (χ0v) is 13.3. The summed E-state index contributed by atoms with van der Waals surface area (Å²) in [5, 5.41) is 12.2. The maximum absolute atomic E-state index is 11.7. The highest BCUT2D eigenvalue weighted by Gasteiger charge is 2.07. The van der Waals surface area contributed by atoms with Gasteiger partial charge in [0.1, 0.15) is 5.75 Å². The molecule has 4 heteroatoms. The lowest BCUT2D eigenvalue weighted by molar-refractivity contribution is -0.123. The quantitative estimate of drug-likeness (QED) is 0.736. The van der Waals surface area contributed by atoms with E-state index in [1.165, 1.54) is 0 Å². The normalized spacial score (nSPS) is 13.5. The lowest BCUT2D eigenvalue weighted by Gasteiger charge is -2.13. The smallest absolute Gasteiger partial charge is 0.258 e. The van der Waals surface area contributed by atoms with Crippen molar-refractivity contribution in [3.8, 4) is 5.75 Å². The third-order valence-corrected chi connectivity index (χ3v) is 3.27. The van der Waals surface area contributed by atoms with Crippen molar-refractivity contribution < 1.29 is 14.6 Å². The van der Waals surface area contributed by atoms with Crippen LogP contribution in [-0.4, -0.2) is 29.8 Å². The number of ether oxygens (including phenoxy) is 1. The third-order valence-electron chi connectivity index (χ3n) is 3.27. The van der Waals surface area contributed by atoms with Gasteiger partial charge in [0.15, 0.2) is 6.61 Å². The van der Waals surface area contributed by atoms with Gasteiger partial charge in [0.2, 0.25) is 0 Å². The van der Waals surface area contributed by atoms with Gasteiger partial charge in [0.25, 0.3) is 5.91 Å². The Bertz CT molecular complexity index is 415. The Hall–Kier alpha value is -1.55. The number of benzene rings is 1. The van der Waals surface area contributed by atoms with Gasteiger partial charge in [-0.25, -0.2) is 0 Å². The van der Waals surface area contributed by atoms with Crippen LogP contribution >= 0.6 is 0 Å².